The molecule has 2 aromatic rings. The van der Waals surface area contributed by atoms with Gasteiger partial charge in [-0.1, -0.05) is 12.5 Å². The van der Waals surface area contributed by atoms with Crippen molar-refractivity contribution in [2.45, 2.75) is 57.9 Å². The number of piperidine rings is 1. The van der Waals surface area contributed by atoms with Crippen LogP contribution in [-0.4, -0.2) is 36.2 Å². The molecule has 1 N–H and O–H groups in total. The molecule has 1 fully saturated rings. The van der Waals surface area contributed by atoms with Crippen LogP contribution in [0.15, 0.2) is 23.1 Å². The van der Waals surface area contributed by atoms with E-state index < -0.39 is 10.0 Å². The third-order valence-corrected chi connectivity index (χ3v) is 8.05. The van der Waals surface area contributed by atoms with Gasteiger partial charge in [-0.05, 0) is 58.2 Å². The largest absolute Gasteiger partial charge is 0.298 e. The Morgan fingerprint density at radius 3 is 2.63 bits per heavy atom. The Balaban J connectivity index is 1.90. The summed E-state index contributed by atoms with van der Waals surface area (Å²) >= 11 is 1.41. The fourth-order valence-electron chi connectivity index (χ4n) is 3.26. The lowest BCUT2D eigenvalue weighted by Gasteiger charge is -2.32. The summed E-state index contributed by atoms with van der Waals surface area (Å²) in [5.41, 5.74) is 1.96. The Morgan fingerprint density at radius 2 is 2.00 bits per heavy atom. The molecular formula is C19H25N3O3S2. The molecule has 1 unspecified atom stereocenters. The number of sulfonamides is 1. The summed E-state index contributed by atoms with van der Waals surface area (Å²) in [6.07, 6.45) is 2.77. The molecule has 27 heavy (non-hydrogen) atoms. The van der Waals surface area contributed by atoms with E-state index in [0.717, 1.165) is 35.4 Å². The highest BCUT2D eigenvalue weighted by atomic mass is 32.2. The van der Waals surface area contributed by atoms with Crippen LogP contribution in [0.4, 0.5) is 5.13 Å². The zero-order valence-electron chi connectivity index (χ0n) is 16.1. The third kappa shape index (κ3) is 4.07. The highest BCUT2D eigenvalue weighted by Gasteiger charge is 2.31. The van der Waals surface area contributed by atoms with Gasteiger partial charge in [0.25, 0.3) is 5.91 Å². The van der Waals surface area contributed by atoms with Crippen molar-refractivity contribution in [3.63, 3.8) is 0 Å². The Morgan fingerprint density at radius 1 is 1.26 bits per heavy atom. The molecule has 1 aromatic carbocycles. The quantitative estimate of drug-likeness (QED) is 0.834. The second-order valence-corrected chi connectivity index (χ2v) is 10.1. The average molecular weight is 408 g/mol. The Kier molecular flexibility index (Phi) is 5.69. The molecule has 1 aliphatic rings. The van der Waals surface area contributed by atoms with Crippen molar-refractivity contribution in [3.8, 4) is 0 Å². The lowest BCUT2D eigenvalue weighted by atomic mass is 10.1. The second-order valence-electron chi connectivity index (χ2n) is 7.05. The van der Waals surface area contributed by atoms with Gasteiger partial charge in [0.1, 0.15) is 0 Å². The van der Waals surface area contributed by atoms with E-state index in [2.05, 4.69) is 10.3 Å². The van der Waals surface area contributed by atoms with Crippen LogP contribution in [0.3, 0.4) is 0 Å². The second kappa shape index (κ2) is 7.69. The molecule has 1 aromatic heterocycles. The van der Waals surface area contributed by atoms with Gasteiger partial charge >= 0.3 is 0 Å². The Hall–Kier alpha value is -1.77. The molecule has 0 aliphatic carbocycles. The zero-order chi connectivity index (χ0) is 19.8. The van der Waals surface area contributed by atoms with Crippen molar-refractivity contribution < 1.29 is 13.2 Å². The fraction of sp³-hybridized carbons (Fsp3) is 0.474. The topological polar surface area (TPSA) is 79.4 Å². The molecule has 1 amide bonds. The van der Waals surface area contributed by atoms with Crippen molar-refractivity contribution >= 4 is 32.4 Å². The van der Waals surface area contributed by atoms with Gasteiger partial charge in [-0.2, -0.15) is 4.31 Å². The molecule has 1 saturated heterocycles. The Labute approximate surface area is 164 Å². The van der Waals surface area contributed by atoms with Gasteiger partial charge in [0, 0.05) is 23.0 Å². The van der Waals surface area contributed by atoms with Gasteiger partial charge in [-0.3, -0.25) is 10.1 Å². The Bertz CT molecular complexity index is 947. The first kappa shape index (κ1) is 20.0. The van der Waals surface area contributed by atoms with E-state index in [-0.39, 0.29) is 16.8 Å². The van der Waals surface area contributed by atoms with E-state index in [4.69, 9.17) is 0 Å². The average Bonchev–Trinajstić information content (AvgIpc) is 2.92. The predicted molar refractivity (Wildman–Crippen MR) is 108 cm³/mol. The maximum Gasteiger partial charge on any atom is 0.257 e. The van der Waals surface area contributed by atoms with E-state index in [9.17, 15) is 13.2 Å². The molecule has 2 heterocycles. The van der Waals surface area contributed by atoms with Gasteiger partial charge in [0.15, 0.2) is 5.13 Å². The van der Waals surface area contributed by atoms with Gasteiger partial charge in [-0.15, -0.1) is 11.3 Å². The van der Waals surface area contributed by atoms with E-state index in [1.54, 1.807) is 23.4 Å². The number of benzene rings is 1. The predicted octanol–water partition coefficient (Wildman–Crippen LogP) is 3.88. The van der Waals surface area contributed by atoms with E-state index >= 15 is 0 Å². The summed E-state index contributed by atoms with van der Waals surface area (Å²) in [6, 6.07) is 4.73. The highest BCUT2D eigenvalue weighted by molar-refractivity contribution is 7.89. The number of aryl methyl sites for hydroxylation is 3. The minimum absolute atomic E-state index is 0.0244. The first-order chi connectivity index (χ1) is 12.7. The van der Waals surface area contributed by atoms with Crippen LogP contribution in [0.25, 0.3) is 0 Å². The SMILES string of the molecule is Cc1ccc(S(=O)(=O)N2CCCCC2C)cc1C(=O)Nc1nc(C)c(C)s1. The lowest BCUT2D eigenvalue weighted by Crippen LogP contribution is -2.42. The molecule has 6 nitrogen and oxygen atoms in total. The summed E-state index contributed by atoms with van der Waals surface area (Å²) < 4.78 is 27.7. The first-order valence-corrected chi connectivity index (χ1v) is 11.3. The zero-order valence-corrected chi connectivity index (χ0v) is 17.7. The number of hydrogen-bond donors (Lipinski definition) is 1. The van der Waals surface area contributed by atoms with Crippen LogP contribution < -0.4 is 5.32 Å². The summed E-state index contributed by atoms with van der Waals surface area (Å²) in [7, 11) is -3.62. The monoisotopic (exact) mass is 407 g/mol. The van der Waals surface area contributed by atoms with Crippen LogP contribution >= 0.6 is 11.3 Å². The maximum atomic E-state index is 13.1. The molecule has 0 radical (unpaired) electrons. The minimum atomic E-state index is -3.62. The number of hydrogen-bond acceptors (Lipinski definition) is 5. The molecule has 8 heteroatoms. The number of nitrogens with one attached hydrogen (secondary N) is 1. The molecule has 1 atom stereocenters. The van der Waals surface area contributed by atoms with Gasteiger partial charge in [0.05, 0.1) is 10.6 Å². The molecule has 1 aliphatic heterocycles. The molecule has 3 rings (SSSR count). The standard InChI is InChI=1S/C19H25N3O3S2/c1-12-8-9-16(27(24,25)22-10-6-5-7-13(22)2)11-17(12)18(23)21-19-20-14(3)15(4)26-19/h8-9,11,13H,5-7,10H2,1-4H3,(H,20,21,23). The number of aromatic nitrogens is 1. The molecular weight excluding hydrogens is 382 g/mol. The molecule has 0 saturated carbocycles. The molecule has 0 spiro atoms. The van der Waals surface area contributed by atoms with Crippen LogP contribution in [-0.2, 0) is 10.0 Å². The summed E-state index contributed by atoms with van der Waals surface area (Å²) in [5, 5.41) is 3.31. The van der Waals surface area contributed by atoms with Gasteiger partial charge in [0.2, 0.25) is 10.0 Å². The number of amides is 1. The van der Waals surface area contributed by atoms with Crippen LogP contribution in [0.5, 0.6) is 0 Å². The number of carbonyl (C=O) groups excluding carboxylic acids is 1. The third-order valence-electron chi connectivity index (χ3n) is 5.05. The number of thiazole rings is 1. The van der Waals surface area contributed by atoms with E-state index in [1.165, 1.54) is 17.4 Å². The van der Waals surface area contributed by atoms with Crippen LogP contribution in [0, 0.1) is 20.8 Å². The van der Waals surface area contributed by atoms with Crippen LogP contribution in [0.2, 0.25) is 0 Å². The molecule has 146 valence electrons. The van der Waals surface area contributed by atoms with E-state index in [1.807, 2.05) is 20.8 Å². The molecule has 0 bridgehead atoms. The van der Waals surface area contributed by atoms with Crippen molar-refractivity contribution in [2.24, 2.45) is 0 Å². The fourth-order valence-corrected chi connectivity index (χ4v) is 5.80. The van der Waals surface area contributed by atoms with Crippen molar-refractivity contribution in [1.29, 1.82) is 0 Å². The summed E-state index contributed by atoms with van der Waals surface area (Å²) in [5.74, 6) is -0.343. The van der Waals surface area contributed by atoms with Gasteiger partial charge in [-0.25, -0.2) is 13.4 Å². The minimum Gasteiger partial charge on any atom is -0.298 e. The van der Waals surface area contributed by atoms with Crippen LogP contribution in [0.1, 0.15) is 52.7 Å². The normalized spacial score (nSPS) is 18.4. The highest BCUT2D eigenvalue weighted by Crippen LogP contribution is 2.27. The number of nitrogens with zero attached hydrogens (tertiary/aromatic N) is 2. The maximum absolute atomic E-state index is 13.1. The van der Waals surface area contributed by atoms with E-state index in [0.29, 0.717) is 17.2 Å². The van der Waals surface area contributed by atoms with Crippen molar-refractivity contribution in [1.82, 2.24) is 9.29 Å². The lowest BCUT2D eigenvalue weighted by molar-refractivity contribution is 0.102. The number of rotatable bonds is 4. The summed E-state index contributed by atoms with van der Waals surface area (Å²) in [6.45, 7) is 8.09. The smallest absolute Gasteiger partial charge is 0.257 e. The van der Waals surface area contributed by atoms with Gasteiger partial charge < -0.3 is 0 Å². The van der Waals surface area contributed by atoms with Crippen molar-refractivity contribution in [2.75, 3.05) is 11.9 Å². The first-order valence-electron chi connectivity index (χ1n) is 9.08. The number of anilines is 1. The number of carbonyl (C=O) groups is 1. The summed E-state index contributed by atoms with van der Waals surface area (Å²) in [4.78, 5) is 18.2. The van der Waals surface area contributed by atoms with Crippen molar-refractivity contribution in [3.05, 3.63) is 39.9 Å².